The molecule has 0 spiro atoms. The van der Waals surface area contributed by atoms with Crippen LogP contribution < -0.4 is 10.1 Å². The summed E-state index contributed by atoms with van der Waals surface area (Å²) in [6.07, 6.45) is 0. The zero-order valence-electron chi connectivity index (χ0n) is 10.7. The van der Waals surface area contributed by atoms with Crippen LogP contribution in [-0.4, -0.2) is 12.5 Å². The van der Waals surface area contributed by atoms with Crippen LogP contribution in [0.4, 0.5) is 4.39 Å². The Kier molecular flexibility index (Phi) is 5.14. The summed E-state index contributed by atoms with van der Waals surface area (Å²) in [6.45, 7) is 1.80. The van der Waals surface area contributed by atoms with Crippen molar-refractivity contribution in [3.63, 3.8) is 0 Å². The number of carbonyl (C=O) groups is 1. The average molecular weight is 358 g/mol. The van der Waals surface area contributed by atoms with Gasteiger partial charge in [0.2, 0.25) is 0 Å². The lowest BCUT2D eigenvalue weighted by atomic mass is 10.3. The van der Waals surface area contributed by atoms with Gasteiger partial charge < -0.3 is 10.1 Å². The summed E-state index contributed by atoms with van der Waals surface area (Å²) in [7, 11) is 0. The lowest BCUT2D eigenvalue weighted by Crippen LogP contribution is -2.30. The minimum atomic E-state index is -0.361. The maximum absolute atomic E-state index is 12.9. The lowest BCUT2D eigenvalue weighted by molar-refractivity contribution is -0.123. The van der Waals surface area contributed by atoms with Gasteiger partial charge in [-0.25, -0.2) is 4.39 Å². The first-order valence-electron chi connectivity index (χ1n) is 5.97. The second-order valence-corrected chi connectivity index (χ2v) is 6.00. The first-order chi connectivity index (χ1) is 9.56. The van der Waals surface area contributed by atoms with Crippen molar-refractivity contribution in [2.45, 2.75) is 13.0 Å². The zero-order valence-corrected chi connectivity index (χ0v) is 13.1. The van der Waals surface area contributed by atoms with Crippen LogP contribution in [0.15, 0.2) is 40.2 Å². The van der Waals surface area contributed by atoms with Crippen molar-refractivity contribution in [1.82, 2.24) is 5.32 Å². The fourth-order valence-corrected chi connectivity index (χ4v) is 2.83. The van der Waals surface area contributed by atoms with Crippen LogP contribution in [0.25, 0.3) is 0 Å². The van der Waals surface area contributed by atoms with Crippen LogP contribution in [0.2, 0.25) is 0 Å². The highest BCUT2D eigenvalue weighted by Gasteiger charge is 2.11. The molecule has 0 fully saturated rings. The van der Waals surface area contributed by atoms with Crippen molar-refractivity contribution in [3.8, 4) is 5.75 Å². The molecule has 0 aliphatic carbocycles. The Hall–Kier alpha value is -1.40. The van der Waals surface area contributed by atoms with E-state index in [0.717, 1.165) is 4.88 Å². The van der Waals surface area contributed by atoms with Crippen LogP contribution in [-0.2, 0) is 4.79 Å². The largest absolute Gasteiger partial charge is 0.483 e. The molecule has 1 amide bonds. The van der Waals surface area contributed by atoms with E-state index >= 15 is 0 Å². The van der Waals surface area contributed by atoms with Gasteiger partial charge in [-0.1, -0.05) is 6.07 Å². The number of hydrogen-bond donors (Lipinski definition) is 1. The van der Waals surface area contributed by atoms with Crippen molar-refractivity contribution in [3.05, 3.63) is 50.9 Å². The van der Waals surface area contributed by atoms with Crippen molar-refractivity contribution in [1.29, 1.82) is 0 Å². The van der Waals surface area contributed by atoms with Gasteiger partial charge in [-0.05, 0) is 52.5 Å². The van der Waals surface area contributed by atoms with Gasteiger partial charge in [0.05, 0.1) is 10.5 Å². The Bertz CT molecular complexity index is 589. The Morgan fingerprint density at radius 3 is 2.95 bits per heavy atom. The van der Waals surface area contributed by atoms with E-state index in [9.17, 15) is 9.18 Å². The van der Waals surface area contributed by atoms with E-state index in [-0.39, 0.29) is 24.4 Å². The van der Waals surface area contributed by atoms with Crippen molar-refractivity contribution in [2.24, 2.45) is 0 Å². The summed E-state index contributed by atoms with van der Waals surface area (Å²) in [4.78, 5) is 12.9. The molecular formula is C14H13BrFNO2S. The summed E-state index contributed by atoms with van der Waals surface area (Å²) in [5.74, 6) is -0.146. The summed E-state index contributed by atoms with van der Waals surface area (Å²) in [6, 6.07) is 7.91. The summed E-state index contributed by atoms with van der Waals surface area (Å²) >= 11 is 4.77. The summed E-state index contributed by atoms with van der Waals surface area (Å²) in [5.41, 5.74) is 0. The van der Waals surface area contributed by atoms with E-state index in [2.05, 4.69) is 21.2 Å². The molecule has 0 saturated carbocycles. The molecule has 1 atom stereocenters. The highest BCUT2D eigenvalue weighted by atomic mass is 79.9. The number of benzene rings is 1. The monoisotopic (exact) mass is 357 g/mol. The fraction of sp³-hybridized carbons (Fsp3) is 0.214. The molecule has 2 rings (SSSR count). The molecule has 6 heteroatoms. The standard InChI is InChI=1S/C14H13BrFNO2S/c1-9(13-3-2-6-20-13)17-14(18)8-19-12-5-4-10(16)7-11(12)15/h2-7,9H,8H2,1H3,(H,17,18). The Morgan fingerprint density at radius 1 is 1.50 bits per heavy atom. The fourth-order valence-electron chi connectivity index (χ4n) is 1.63. The SMILES string of the molecule is CC(NC(=O)COc1ccc(F)cc1Br)c1cccs1. The van der Waals surface area contributed by atoms with Crippen LogP contribution in [0.3, 0.4) is 0 Å². The van der Waals surface area contributed by atoms with Crippen LogP contribution in [0.5, 0.6) is 5.75 Å². The molecule has 106 valence electrons. The first-order valence-corrected chi connectivity index (χ1v) is 7.64. The Balaban J connectivity index is 1.86. The maximum Gasteiger partial charge on any atom is 0.258 e. The predicted octanol–water partition coefficient (Wildman–Crippen LogP) is 3.91. The van der Waals surface area contributed by atoms with Gasteiger partial charge in [0, 0.05) is 4.88 Å². The maximum atomic E-state index is 12.9. The van der Waals surface area contributed by atoms with Crippen LogP contribution in [0, 0.1) is 5.82 Å². The number of nitrogens with one attached hydrogen (secondary N) is 1. The van der Waals surface area contributed by atoms with Gasteiger partial charge in [-0.2, -0.15) is 0 Å². The third-order valence-electron chi connectivity index (χ3n) is 2.60. The average Bonchev–Trinajstić information content (AvgIpc) is 2.91. The number of ether oxygens (including phenoxy) is 1. The van der Waals surface area contributed by atoms with Gasteiger partial charge in [0.25, 0.3) is 5.91 Å². The molecule has 1 aromatic heterocycles. The number of hydrogen-bond acceptors (Lipinski definition) is 3. The third-order valence-corrected chi connectivity index (χ3v) is 4.27. The molecule has 0 bridgehead atoms. The minimum Gasteiger partial charge on any atom is -0.483 e. The van der Waals surface area contributed by atoms with E-state index in [1.54, 1.807) is 11.3 Å². The highest BCUT2D eigenvalue weighted by molar-refractivity contribution is 9.10. The number of carbonyl (C=O) groups excluding carboxylic acids is 1. The van der Waals surface area contributed by atoms with E-state index in [0.29, 0.717) is 10.2 Å². The minimum absolute atomic E-state index is 0.0530. The Labute approximate surface area is 128 Å². The number of rotatable bonds is 5. The predicted molar refractivity (Wildman–Crippen MR) is 80.5 cm³/mol. The smallest absolute Gasteiger partial charge is 0.258 e. The van der Waals surface area contributed by atoms with Gasteiger partial charge in [-0.3, -0.25) is 4.79 Å². The number of halogens is 2. The molecule has 0 radical (unpaired) electrons. The molecule has 2 aromatic rings. The molecule has 1 heterocycles. The molecular weight excluding hydrogens is 345 g/mol. The molecule has 0 aliphatic heterocycles. The van der Waals surface area contributed by atoms with Crippen LogP contribution >= 0.6 is 27.3 Å². The molecule has 3 nitrogen and oxygen atoms in total. The van der Waals surface area contributed by atoms with Gasteiger partial charge in [0.1, 0.15) is 11.6 Å². The quantitative estimate of drug-likeness (QED) is 0.880. The van der Waals surface area contributed by atoms with Gasteiger partial charge >= 0.3 is 0 Å². The normalized spacial score (nSPS) is 11.9. The highest BCUT2D eigenvalue weighted by Crippen LogP contribution is 2.25. The molecule has 1 aromatic carbocycles. The van der Waals surface area contributed by atoms with E-state index in [1.165, 1.54) is 18.2 Å². The Morgan fingerprint density at radius 2 is 2.30 bits per heavy atom. The first kappa shape index (κ1) is 15.0. The second kappa shape index (κ2) is 6.85. The van der Waals surface area contributed by atoms with E-state index < -0.39 is 0 Å². The van der Waals surface area contributed by atoms with Gasteiger partial charge in [0.15, 0.2) is 6.61 Å². The van der Waals surface area contributed by atoms with Crippen molar-refractivity contribution in [2.75, 3.05) is 6.61 Å². The summed E-state index contributed by atoms with van der Waals surface area (Å²) in [5, 5.41) is 4.80. The molecule has 1 unspecified atom stereocenters. The molecule has 0 aliphatic rings. The summed E-state index contributed by atoms with van der Waals surface area (Å²) < 4.78 is 18.7. The lowest BCUT2D eigenvalue weighted by Gasteiger charge is -2.13. The number of thiophene rings is 1. The van der Waals surface area contributed by atoms with Crippen molar-refractivity contribution >= 4 is 33.2 Å². The second-order valence-electron chi connectivity index (χ2n) is 4.17. The third kappa shape index (κ3) is 4.05. The molecule has 20 heavy (non-hydrogen) atoms. The van der Waals surface area contributed by atoms with E-state index in [4.69, 9.17) is 4.74 Å². The zero-order chi connectivity index (χ0) is 14.5. The van der Waals surface area contributed by atoms with Gasteiger partial charge in [-0.15, -0.1) is 11.3 Å². The van der Waals surface area contributed by atoms with Crippen molar-refractivity contribution < 1.29 is 13.9 Å². The van der Waals surface area contributed by atoms with E-state index in [1.807, 2.05) is 24.4 Å². The topological polar surface area (TPSA) is 38.3 Å². The van der Waals surface area contributed by atoms with Crippen LogP contribution in [0.1, 0.15) is 17.8 Å². The number of amides is 1. The molecule has 0 saturated heterocycles. The molecule has 1 N–H and O–H groups in total.